The van der Waals surface area contributed by atoms with Gasteiger partial charge in [-0.25, -0.2) is 0 Å². The summed E-state index contributed by atoms with van der Waals surface area (Å²) >= 11 is 2.10. The molecule has 0 aromatic heterocycles. The zero-order valence-corrected chi connectivity index (χ0v) is 14.5. The Labute approximate surface area is 134 Å². The highest BCUT2D eigenvalue weighted by atomic mass is 32.2. The average Bonchev–Trinajstić information content (AvgIpc) is 2.99. The number of likely N-dealkylation sites (tertiary alicyclic amines) is 1. The first kappa shape index (κ1) is 17.1. The lowest BCUT2D eigenvalue weighted by Gasteiger charge is -2.35. The lowest BCUT2D eigenvalue weighted by Crippen LogP contribution is -2.41. The van der Waals surface area contributed by atoms with Crippen LogP contribution in [0.1, 0.15) is 32.1 Å². The van der Waals surface area contributed by atoms with Gasteiger partial charge in [0.15, 0.2) is 0 Å². The third kappa shape index (κ3) is 6.17. The molecule has 122 valence electrons. The number of piperidine rings is 1. The van der Waals surface area contributed by atoms with Crippen LogP contribution in [0.4, 0.5) is 0 Å². The first-order valence-electron chi connectivity index (χ1n) is 8.38. The fraction of sp³-hybridized carbons (Fsp3) is 0.938. The van der Waals surface area contributed by atoms with E-state index in [-0.39, 0.29) is 5.91 Å². The van der Waals surface area contributed by atoms with Gasteiger partial charge >= 0.3 is 0 Å². The standard InChI is InChI=1S/C16H31N3OS/c1-18(2)11-8-17-16(20)4-3-14-5-9-19(10-6-14)15-7-12-21-13-15/h14-15H,3-13H2,1-2H3,(H,17,20)/t15-/m1/s1. The second-order valence-electron chi connectivity index (χ2n) is 6.69. The maximum Gasteiger partial charge on any atom is 0.220 e. The van der Waals surface area contributed by atoms with Crippen LogP contribution in [0.15, 0.2) is 0 Å². The molecule has 1 atom stereocenters. The van der Waals surface area contributed by atoms with Crippen molar-refractivity contribution in [2.24, 2.45) is 5.92 Å². The molecule has 0 aliphatic carbocycles. The van der Waals surface area contributed by atoms with Crippen LogP contribution in [0, 0.1) is 5.92 Å². The number of carbonyl (C=O) groups excluding carboxylic acids is 1. The molecule has 2 saturated heterocycles. The summed E-state index contributed by atoms with van der Waals surface area (Å²) in [7, 11) is 4.06. The minimum atomic E-state index is 0.228. The van der Waals surface area contributed by atoms with Crippen LogP contribution < -0.4 is 5.32 Å². The fourth-order valence-electron chi connectivity index (χ4n) is 3.26. The van der Waals surface area contributed by atoms with Gasteiger partial charge in [-0.2, -0.15) is 11.8 Å². The Morgan fingerprint density at radius 3 is 2.67 bits per heavy atom. The van der Waals surface area contributed by atoms with Gasteiger partial charge in [-0.15, -0.1) is 0 Å². The minimum Gasteiger partial charge on any atom is -0.355 e. The molecular weight excluding hydrogens is 282 g/mol. The van der Waals surface area contributed by atoms with Crippen molar-refractivity contribution in [3.63, 3.8) is 0 Å². The molecule has 0 spiro atoms. The second kappa shape index (κ2) is 9.01. The van der Waals surface area contributed by atoms with Gasteiger partial charge in [0.1, 0.15) is 0 Å². The number of thioether (sulfide) groups is 1. The van der Waals surface area contributed by atoms with Gasteiger partial charge in [-0.1, -0.05) is 0 Å². The first-order valence-corrected chi connectivity index (χ1v) is 9.54. The highest BCUT2D eigenvalue weighted by molar-refractivity contribution is 7.99. The highest BCUT2D eigenvalue weighted by Gasteiger charge is 2.27. The normalized spacial score (nSPS) is 24.6. The molecular formula is C16H31N3OS. The van der Waals surface area contributed by atoms with E-state index < -0.39 is 0 Å². The number of hydrogen-bond acceptors (Lipinski definition) is 4. The maximum atomic E-state index is 11.8. The summed E-state index contributed by atoms with van der Waals surface area (Å²) in [6, 6.07) is 0.838. The van der Waals surface area contributed by atoms with Crippen LogP contribution in [0.5, 0.6) is 0 Å². The molecule has 1 amide bonds. The quantitative estimate of drug-likeness (QED) is 0.775. The summed E-state index contributed by atoms with van der Waals surface area (Å²) in [6.45, 7) is 4.18. The lowest BCUT2D eigenvalue weighted by atomic mass is 9.91. The second-order valence-corrected chi connectivity index (χ2v) is 7.84. The summed E-state index contributed by atoms with van der Waals surface area (Å²) in [6.07, 6.45) is 5.72. The van der Waals surface area contributed by atoms with Gasteiger partial charge in [-0.05, 0) is 64.5 Å². The number of hydrogen-bond donors (Lipinski definition) is 1. The Morgan fingerprint density at radius 2 is 2.05 bits per heavy atom. The molecule has 2 fully saturated rings. The first-order chi connectivity index (χ1) is 10.1. The summed E-state index contributed by atoms with van der Waals surface area (Å²) in [5.41, 5.74) is 0. The number of amides is 1. The number of nitrogens with zero attached hydrogens (tertiary/aromatic N) is 2. The Balaban J connectivity index is 1.55. The molecule has 2 aliphatic rings. The number of likely N-dealkylation sites (N-methyl/N-ethyl adjacent to an activating group) is 1. The van der Waals surface area contributed by atoms with Crippen LogP contribution >= 0.6 is 11.8 Å². The van der Waals surface area contributed by atoms with Crippen molar-refractivity contribution in [1.82, 2.24) is 15.1 Å². The lowest BCUT2D eigenvalue weighted by molar-refractivity contribution is -0.121. The third-order valence-corrected chi connectivity index (χ3v) is 5.88. The average molecular weight is 314 g/mol. The fourth-order valence-corrected chi connectivity index (χ4v) is 4.51. The molecule has 0 aromatic rings. The molecule has 0 saturated carbocycles. The Morgan fingerprint density at radius 1 is 1.29 bits per heavy atom. The van der Waals surface area contributed by atoms with E-state index >= 15 is 0 Å². The monoisotopic (exact) mass is 313 g/mol. The van der Waals surface area contributed by atoms with Crippen LogP contribution in [0.3, 0.4) is 0 Å². The topological polar surface area (TPSA) is 35.6 Å². The third-order valence-electron chi connectivity index (χ3n) is 4.73. The SMILES string of the molecule is CN(C)CCNC(=O)CCC1CCN([C@@H]2CCSC2)CC1. The molecule has 21 heavy (non-hydrogen) atoms. The summed E-state index contributed by atoms with van der Waals surface area (Å²) in [5, 5.41) is 3.01. The van der Waals surface area contributed by atoms with Crippen molar-refractivity contribution in [3.05, 3.63) is 0 Å². The van der Waals surface area contributed by atoms with Crippen molar-refractivity contribution in [3.8, 4) is 0 Å². The molecule has 0 unspecified atom stereocenters. The van der Waals surface area contributed by atoms with E-state index in [4.69, 9.17) is 0 Å². The number of nitrogens with one attached hydrogen (secondary N) is 1. The molecule has 0 aromatic carbocycles. The largest absolute Gasteiger partial charge is 0.355 e. The zero-order chi connectivity index (χ0) is 15.1. The number of rotatable bonds is 7. The van der Waals surface area contributed by atoms with Gasteiger partial charge in [0.2, 0.25) is 5.91 Å². The smallest absolute Gasteiger partial charge is 0.220 e. The summed E-state index contributed by atoms with van der Waals surface area (Å²) < 4.78 is 0. The Bertz CT molecular complexity index is 311. The molecule has 2 heterocycles. The van der Waals surface area contributed by atoms with Gasteiger partial charge in [0.05, 0.1) is 0 Å². The maximum absolute atomic E-state index is 11.8. The van der Waals surface area contributed by atoms with Gasteiger partial charge in [0, 0.05) is 31.3 Å². The van der Waals surface area contributed by atoms with Crippen molar-refractivity contribution in [2.75, 3.05) is 51.8 Å². The molecule has 5 heteroatoms. The van der Waals surface area contributed by atoms with Gasteiger partial charge < -0.3 is 10.2 Å². The van der Waals surface area contributed by atoms with Gasteiger partial charge in [-0.3, -0.25) is 9.69 Å². The van der Waals surface area contributed by atoms with E-state index in [1.165, 1.54) is 43.9 Å². The molecule has 2 rings (SSSR count). The van der Waals surface area contributed by atoms with Crippen molar-refractivity contribution < 1.29 is 4.79 Å². The van der Waals surface area contributed by atoms with Crippen molar-refractivity contribution in [1.29, 1.82) is 0 Å². The summed E-state index contributed by atoms with van der Waals surface area (Å²) in [5.74, 6) is 3.66. The Kier molecular flexibility index (Phi) is 7.34. The van der Waals surface area contributed by atoms with Gasteiger partial charge in [0.25, 0.3) is 0 Å². The summed E-state index contributed by atoms with van der Waals surface area (Å²) in [4.78, 5) is 16.6. The van der Waals surface area contributed by atoms with Crippen LogP contribution in [-0.2, 0) is 4.79 Å². The van der Waals surface area contributed by atoms with E-state index in [2.05, 4.69) is 26.9 Å². The van der Waals surface area contributed by atoms with E-state index in [0.717, 1.165) is 31.5 Å². The molecule has 2 aliphatic heterocycles. The van der Waals surface area contributed by atoms with Crippen LogP contribution in [0.2, 0.25) is 0 Å². The molecule has 0 radical (unpaired) electrons. The van der Waals surface area contributed by atoms with Crippen molar-refractivity contribution >= 4 is 17.7 Å². The van der Waals surface area contributed by atoms with E-state index in [1.54, 1.807) is 0 Å². The van der Waals surface area contributed by atoms with Crippen LogP contribution in [-0.4, -0.2) is 73.5 Å². The van der Waals surface area contributed by atoms with Crippen molar-refractivity contribution in [2.45, 2.75) is 38.1 Å². The Hall–Kier alpha value is -0.260. The molecule has 0 bridgehead atoms. The van der Waals surface area contributed by atoms with E-state index in [0.29, 0.717) is 6.42 Å². The van der Waals surface area contributed by atoms with E-state index in [9.17, 15) is 4.79 Å². The molecule has 4 nitrogen and oxygen atoms in total. The predicted molar refractivity (Wildman–Crippen MR) is 90.8 cm³/mol. The zero-order valence-electron chi connectivity index (χ0n) is 13.6. The minimum absolute atomic E-state index is 0.228. The molecule has 1 N–H and O–H groups in total. The highest BCUT2D eigenvalue weighted by Crippen LogP contribution is 2.28. The van der Waals surface area contributed by atoms with E-state index in [1.807, 2.05) is 14.1 Å². The number of carbonyl (C=O) groups is 1. The van der Waals surface area contributed by atoms with Crippen LogP contribution in [0.25, 0.3) is 0 Å². The predicted octanol–water partition coefficient (Wildman–Crippen LogP) is 1.66.